The number of aliphatic imine (C=N–C) groups is 1. The van der Waals surface area contributed by atoms with Crippen LogP contribution in [0.25, 0.3) is 6.08 Å². The van der Waals surface area contributed by atoms with Gasteiger partial charge in [0, 0.05) is 15.1 Å². The number of rotatable bonds is 3. The lowest BCUT2D eigenvalue weighted by atomic mass is 10.1. The average molecular weight is 482 g/mol. The first-order valence-corrected chi connectivity index (χ1v) is 10.3. The van der Waals surface area contributed by atoms with E-state index in [1.165, 1.54) is 0 Å². The minimum Gasteiger partial charge on any atom is -0.454 e. The van der Waals surface area contributed by atoms with Crippen molar-refractivity contribution >= 4 is 51.0 Å². The molecule has 0 bridgehead atoms. The zero-order chi connectivity index (χ0) is 20.7. The van der Waals surface area contributed by atoms with Crippen LogP contribution in [0.4, 0.5) is 5.69 Å². The van der Waals surface area contributed by atoms with E-state index in [9.17, 15) is 4.79 Å². The summed E-state index contributed by atoms with van der Waals surface area (Å²) < 4.78 is 11.7. The van der Waals surface area contributed by atoms with Gasteiger partial charge in [0.2, 0.25) is 6.79 Å². The Hall–Kier alpha value is -3.09. The summed E-state index contributed by atoms with van der Waals surface area (Å²) in [5.41, 5.74) is 2.66. The zero-order valence-electron chi connectivity index (χ0n) is 15.5. The van der Waals surface area contributed by atoms with Crippen LogP contribution in [0, 0.1) is 0 Å². The van der Waals surface area contributed by atoms with Crippen LogP contribution in [-0.2, 0) is 4.79 Å². The van der Waals surface area contributed by atoms with Gasteiger partial charge in [-0.25, -0.2) is 4.99 Å². The van der Waals surface area contributed by atoms with E-state index in [2.05, 4.69) is 20.9 Å². The van der Waals surface area contributed by atoms with Gasteiger partial charge in [0.1, 0.15) is 11.5 Å². The number of hydrogen-bond donors (Lipinski definition) is 0. The number of fused-ring (bicyclic) bond motifs is 1. The normalized spacial score (nSPS) is 16.3. The predicted octanol–water partition coefficient (Wildman–Crippen LogP) is 5.67. The monoisotopic (exact) mass is 480 g/mol. The van der Waals surface area contributed by atoms with E-state index in [-0.39, 0.29) is 12.7 Å². The molecule has 30 heavy (non-hydrogen) atoms. The Bertz CT molecular complexity index is 1200. The van der Waals surface area contributed by atoms with Crippen molar-refractivity contribution < 1.29 is 14.3 Å². The third-order valence-electron chi connectivity index (χ3n) is 4.75. The Morgan fingerprint density at radius 2 is 1.70 bits per heavy atom. The molecule has 148 valence electrons. The fraction of sp³-hybridized carbons (Fsp3) is 0.0435. The van der Waals surface area contributed by atoms with Crippen molar-refractivity contribution in [3.63, 3.8) is 0 Å². The maximum absolute atomic E-state index is 13.3. The maximum atomic E-state index is 13.3. The predicted molar refractivity (Wildman–Crippen MR) is 120 cm³/mol. The second-order valence-corrected chi connectivity index (χ2v) is 8.05. The number of amides is 1. The molecule has 3 aromatic carbocycles. The van der Waals surface area contributed by atoms with Crippen LogP contribution in [0.15, 0.2) is 81.9 Å². The molecule has 0 unspecified atom stereocenters. The molecule has 7 heteroatoms. The molecule has 5 nitrogen and oxygen atoms in total. The summed E-state index contributed by atoms with van der Waals surface area (Å²) in [5, 5.41) is 0.601. The Balaban J connectivity index is 1.59. The summed E-state index contributed by atoms with van der Waals surface area (Å²) in [7, 11) is 0. The maximum Gasteiger partial charge on any atom is 0.282 e. The molecule has 3 aromatic rings. The van der Waals surface area contributed by atoms with Gasteiger partial charge < -0.3 is 9.47 Å². The molecule has 2 aliphatic heterocycles. The average Bonchev–Trinajstić information content (AvgIpc) is 3.34. The van der Waals surface area contributed by atoms with Gasteiger partial charge in [0.05, 0.1) is 5.69 Å². The van der Waals surface area contributed by atoms with E-state index in [1.54, 1.807) is 35.2 Å². The number of benzene rings is 3. The van der Waals surface area contributed by atoms with Gasteiger partial charge in [0.25, 0.3) is 5.91 Å². The molecular weight excluding hydrogens is 468 g/mol. The standard InChI is InChI=1S/C23H14BrClN2O3/c24-16-4-2-15(3-5-16)22-26-19(11-14-1-10-20-21(12-14)30-13-29-20)23(28)27(22)18-8-6-17(25)7-9-18/h1-12H,13H2/b19-11+. The van der Waals surface area contributed by atoms with Gasteiger partial charge in [-0.2, -0.15) is 0 Å². The highest BCUT2D eigenvalue weighted by molar-refractivity contribution is 9.10. The number of halogens is 2. The molecule has 2 aliphatic rings. The number of ether oxygens (including phenoxy) is 2. The third kappa shape index (κ3) is 3.49. The SMILES string of the molecule is O=C1/C(=C\c2ccc3c(c2)OCO3)N=C(c2ccc(Br)cc2)N1c1ccc(Cl)cc1. The van der Waals surface area contributed by atoms with Crippen molar-refractivity contribution in [2.24, 2.45) is 4.99 Å². The molecular formula is C23H14BrClN2O3. The summed E-state index contributed by atoms with van der Waals surface area (Å²) in [6.07, 6.45) is 1.75. The van der Waals surface area contributed by atoms with E-state index in [0.717, 1.165) is 15.6 Å². The molecule has 1 amide bonds. The van der Waals surface area contributed by atoms with Crippen LogP contribution in [0.2, 0.25) is 5.02 Å². The molecule has 5 rings (SSSR count). The summed E-state index contributed by atoms with van der Waals surface area (Å²) in [6.45, 7) is 0.199. The van der Waals surface area contributed by atoms with Gasteiger partial charge in [-0.05, 0) is 60.2 Å². The first kappa shape index (κ1) is 18.9. The lowest BCUT2D eigenvalue weighted by molar-refractivity contribution is -0.113. The Kier molecular flexibility index (Phi) is 4.81. The van der Waals surface area contributed by atoms with Crippen LogP contribution in [0.3, 0.4) is 0 Å². The molecule has 0 saturated heterocycles. The van der Waals surface area contributed by atoms with Crippen molar-refractivity contribution in [3.05, 3.63) is 93.0 Å². The van der Waals surface area contributed by atoms with Crippen molar-refractivity contribution in [1.29, 1.82) is 0 Å². The first-order chi connectivity index (χ1) is 14.6. The lowest BCUT2D eigenvalue weighted by Crippen LogP contribution is -2.32. The Labute approximate surface area is 186 Å². The van der Waals surface area contributed by atoms with Crippen molar-refractivity contribution in [2.45, 2.75) is 0 Å². The summed E-state index contributed by atoms with van der Waals surface area (Å²) in [5.74, 6) is 1.69. The number of hydrogen-bond acceptors (Lipinski definition) is 4. The third-order valence-corrected chi connectivity index (χ3v) is 5.53. The molecule has 0 aliphatic carbocycles. The fourth-order valence-electron chi connectivity index (χ4n) is 3.30. The Morgan fingerprint density at radius 3 is 2.47 bits per heavy atom. The zero-order valence-corrected chi connectivity index (χ0v) is 17.9. The van der Waals surface area contributed by atoms with Crippen LogP contribution >= 0.6 is 27.5 Å². The lowest BCUT2D eigenvalue weighted by Gasteiger charge is -2.18. The molecule has 0 aromatic heterocycles. The van der Waals surface area contributed by atoms with Gasteiger partial charge in [-0.1, -0.05) is 45.7 Å². The van der Waals surface area contributed by atoms with Gasteiger partial charge >= 0.3 is 0 Å². The second kappa shape index (κ2) is 7.63. The molecule has 0 radical (unpaired) electrons. The second-order valence-electron chi connectivity index (χ2n) is 6.70. The number of carbonyl (C=O) groups excluding carboxylic acids is 1. The molecule has 0 atom stereocenters. The van der Waals surface area contributed by atoms with E-state index >= 15 is 0 Å². The quantitative estimate of drug-likeness (QED) is 0.453. The van der Waals surface area contributed by atoms with Crippen LogP contribution in [-0.4, -0.2) is 18.5 Å². The highest BCUT2D eigenvalue weighted by atomic mass is 79.9. The minimum absolute atomic E-state index is 0.199. The van der Waals surface area contributed by atoms with E-state index in [4.69, 9.17) is 21.1 Å². The van der Waals surface area contributed by atoms with Gasteiger partial charge in [-0.3, -0.25) is 9.69 Å². The van der Waals surface area contributed by atoms with E-state index in [0.29, 0.717) is 33.7 Å². The number of amidine groups is 1. The molecule has 0 spiro atoms. The number of carbonyl (C=O) groups is 1. The van der Waals surface area contributed by atoms with Crippen molar-refractivity contribution in [1.82, 2.24) is 0 Å². The Morgan fingerprint density at radius 1 is 0.967 bits per heavy atom. The minimum atomic E-state index is -0.215. The summed E-state index contributed by atoms with van der Waals surface area (Å²) in [4.78, 5) is 19.6. The number of anilines is 1. The van der Waals surface area contributed by atoms with Gasteiger partial charge in [0.15, 0.2) is 11.5 Å². The van der Waals surface area contributed by atoms with Gasteiger partial charge in [-0.15, -0.1) is 0 Å². The van der Waals surface area contributed by atoms with Crippen molar-refractivity contribution in [2.75, 3.05) is 11.7 Å². The topological polar surface area (TPSA) is 51.1 Å². The molecule has 0 N–H and O–H groups in total. The molecule has 2 heterocycles. The summed E-state index contributed by atoms with van der Waals surface area (Å²) in [6, 6.07) is 20.3. The summed E-state index contributed by atoms with van der Waals surface area (Å²) >= 11 is 9.48. The first-order valence-electron chi connectivity index (χ1n) is 9.14. The van der Waals surface area contributed by atoms with Crippen LogP contribution in [0.5, 0.6) is 11.5 Å². The van der Waals surface area contributed by atoms with Crippen LogP contribution in [0.1, 0.15) is 11.1 Å². The van der Waals surface area contributed by atoms with E-state index in [1.807, 2.05) is 42.5 Å². The van der Waals surface area contributed by atoms with Crippen LogP contribution < -0.4 is 14.4 Å². The van der Waals surface area contributed by atoms with Crippen molar-refractivity contribution in [3.8, 4) is 11.5 Å². The molecule has 0 fully saturated rings. The van der Waals surface area contributed by atoms with E-state index < -0.39 is 0 Å². The largest absolute Gasteiger partial charge is 0.454 e. The fourth-order valence-corrected chi connectivity index (χ4v) is 3.69. The smallest absolute Gasteiger partial charge is 0.282 e. The molecule has 0 saturated carbocycles. The highest BCUT2D eigenvalue weighted by Gasteiger charge is 2.32. The highest BCUT2D eigenvalue weighted by Crippen LogP contribution is 2.34. The number of nitrogens with zero attached hydrogens (tertiary/aromatic N) is 2.